The monoisotopic (exact) mass is 327 g/mol. The van der Waals surface area contributed by atoms with Gasteiger partial charge in [0.2, 0.25) is 5.82 Å². The van der Waals surface area contributed by atoms with E-state index in [4.69, 9.17) is 0 Å². The SMILES string of the molecule is C=C(/C=C\C=C/C)[C@@H]1C[C@H](F)c2nc(C(F)(F)[C@@H]3C[C@H]3F)nn21. The summed E-state index contributed by atoms with van der Waals surface area (Å²) in [6.07, 6.45) is 3.85. The lowest BCUT2D eigenvalue weighted by Gasteiger charge is -2.13. The molecule has 1 aromatic heterocycles. The van der Waals surface area contributed by atoms with Crippen molar-refractivity contribution in [2.75, 3.05) is 0 Å². The van der Waals surface area contributed by atoms with Crippen LogP contribution in [-0.4, -0.2) is 20.9 Å². The molecule has 2 heterocycles. The van der Waals surface area contributed by atoms with Crippen LogP contribution in [0.4, 0.5) is 17.6 Å². The van der Waals surface area contributed by atoms with E-state index in [9.17, 15) is 17.6 Å². The van der Waals surface area contributed by atoms with Crippen molar-refractivity contribution in [3.05, 3.63) is 48.1 Å². The van der Waals surface area contributed by atoms with Crippen molar-refractivity contribution in [3.8, 4) is 0 Å². The number of rotatable bonds is 5. The number of aromatic nitrogens is 3. The highest BCUT2D eigenvalue weighted by Crippen LogP contribution is 2.51. The summed E-state index contributed by atoms with van der Waals surface area (Å²) in [6.45, 7) is 5.70. The Morgan fingerprint density at radius 1 is 1.30 bits per heavy atom. The van der Waals surface area contributed by atoms with Crippen LogP contribution in [0.15, 0.2) is 36.5 Å². The molecule has 0 aromatic carbocycles. The molecule has 23 heavy (non-hydrogen) atoms. The fraction of sp³-hybridized carbons (Fsp3) is 0.500. The maximum absolute atomic E-state index is 14.1. The van der Waals surface area contributed by atoms with Crippen LogP contribution >= 0.6 is 0 Å². The van der Waals surface area contributed by atoms with Crippen molar-refractivity contribution in [3.63, 3.8) is 0 Å². The zero-order valence-electron chi connectivity index (χ0n) is 12.6. The van der Waals surface area contributed by atoms with Gasteiger partial charge < -0.3 is 0 Å². The first-order valence-corrected chi connectivity index (χ1v) is 7.47. The van der Waals surface area contributed by atoms with E-state index in [1.54, 1.807) is 18.2 Å². The average Bonchev–Trinajstić information content (AvgIpc) is 2.96. The highest BCUT2D eigenvalue weighted by molar-refractivity contribution is 5.27. The Labute approximate surface area is 131 Å². The first kappa shape index (κ1) is 16.0. The number of hydrogen-bond acceptors (Lipinski definition) is 2. The van der Waals surface area contributed by atoms with Gasteiger partial charge in [-0.25, -0.2) is 18.4 Å². The molecule has 0 saturated heterocycles. The summed E-state index contributed by atoms with van der Waals surface area (Å²) >= 11 is 0. The number of halogens is 4. The topological polar surface area (TPSA) is 30.7 Å². The van der Waals surface area contributed by atoms with Gasteiger partial charge in [0.05, 0.1) is 12.0 Å². The molecule has 7 heteroatoms. The molecule has 1 aromatic rings. The van der Waals surface area contributed by atoms with Crippen LogP contribution in [0, 0.1) is 5.92 Å². The molecule has 1 aliphatic heterocycles. The molecule has 0 bridgehead atoms. The molecule has 1 aliphatic carbocycles. The van der Waals surface area contributed by atoms with Crippen LogP contribution in [0.3, 0.4) is 0 Å². The van der Waals surface area contributed by atoms with Crippen LogP contribution < -0.4 is 0 Å². The van der Waals surface area contributed by atoms with Crippen LogP contribution in [0.5, 0.6) is 0 Å². The Morgan fingerprint density at radius 3 is 2.61 bits per heavy atom. The van der Waals surface area contributed by atoms with Gasteiger partial charge in [-0.2, -0.15) is 8.78 Å². The lowest BCUT2D eigenvalue weighted by Crippen LogP contribution is -2.21. The molecule has 124 valence electrons. The molecule has 3 nitrogen and oxygen atoms in total. The van der Waals surface area contributed by atoms with E-state index in [-0.39, 0.29) is 18.7 Å². The van der Waals surface area contributed by atoms with Crippen molar-refractivity contribution >= 4 is 0 Å². The van der Waals surface area contributed by atoms with Gasteiger partial charge >= 0.3 is 5.92 Å². The van der Waals surface area contributed by atoms with E-state index in [1.165, 1.54) is 0 Å². The van der Waals surface area contributed by atoms with Crippen molar-refractivity contribution in [1.82, 2.24) is 14.8 Å². The molecule has 0 spiro atoms. The first-order chi connectivity index (χ1) is 10.9. The number of hydrogen-bond donors (Lipinski definition) is 0. The van der Waals surface area contributed by atoms with E-state index < -0.39 is 36.1 Å². The summed E-state index contributed by atoms with van der Waals surface area (Å²) in [5.41, 5.74) is 0.555. The third kappa shape index (κ3) is 2.72. The van der Waals surface area contributed by atoms with Gasteiger partial charge in [-0.05, 0) is 18.9 Å². The lowest BCUT2D eigenvalue weighted by atomic mass is 10.1. The molecule has 4 atom stereocenters. The molecule has 1 saturated carbocycles. The summed E-state index contributed by atoms with van der Waals surface area (Å²) in [5, 5.41) is 3.78. The third-order valence-corrected chi connectivity index (χ3v) is 4.18. The Bertz CT molecular complexity index is 677. The average molecular weight is 327 g/mol. The smallest absolute Gasteiger partial charge is 0.247 e. The minimum absolute atomic E-state index is 0.0648. The number of fused-ring (bicyclic) bond motifs is 1. The fourth-order valence-electron chi connectivity index (χ4n) is 2.74. The van der Waals surface area contributed by atoms with E-state index >= 15 is 0 Å². The van der Waals surface area contributed by atoms with Crippen molar-refractivity contribution in [2.24, 2.45) is 5.92 Å². The molecule has 0 unspecified atom stereocenters. The zero-order valence-corrected chi connectivity index (χ0v) is 12.6. The van der Waals surface area contributed by atoms with Gasteiger partial charge in [0.15, 0.2) is 12.0 Å². The number of nitrogens with zero attached hydrogens (tertiary/aromatic N) is 3. The molecule has 2 aliphatic rings. The lowest BCUT2D eigenvalue weighted by molar-refractivity contribution is -0.0445. The quantitative estimate of drug-likeness (QED) is 0.594. The Kier molecular flexibility index (Phi) is 3.90. The molecule has 1 fully saturated rings. The van der Waals surface area contributed by atoms with Gasteiger partial charge in [0.1, 0.15) is 6.17 Å². The molecule has 3 rings (SSSR count). The van der Waals surface area contributed by atoms with Crippen LogP contribution in [0.2, 0.25) is 0 Å². The normalized spacial score (nSPS) is 30.3. The summed E-state index contributed by atoms with van der Waals surface area (Å²) in [4.78, 5) is 3.65. The summed E-state index contributed by atoms with van der Waals surface area (Å²) in [7, 11) is 0. The maximum atomic E-state index is 14.1. The van der Waals surface area contributed by atoms with E-state index in [0.29, 0.717) is 5.57 Å². The fourth-order valence-corrected chi connectivity index (χ4v) is 2.74. The summed E-state index contributed by atoms with van der Waals surface area (Å²) in [5.74, 6) is -5.81. The first-order valence-electron chi connectivity index (χ1n) is 7.47. The standard InChI is InChI=1S/C16H17F4N3/c1-3-4-5-6-9(2)13-8-12(18)14-21-15(22-23(13)14)16(19,20)10-7-11(10)17/h3-6,10-13H,2,7-8H2,1H3/b4-3-,6-5-/t10-,11-,12+,13+/m1/s1. The predicted molar refractivity (Wildman–Crippen MR) is 77.5 cm³/mol. The van der Waals surface area contributed by atoms with Crippen LogP contribution in [0.1, 0.15) is 43.6 Å². The second kappa shape index (κ2) is 5.62. The van der Waals surface area contributed by atoms with Crippen molar-refractivity contribution in [1.29, 1.82) is 0 Å². The van der Waals surface area contributed by atoms with E-state index in [0.717, 1.165) is 4.68 Å². The second-order valence-electron chi connectivity index (χ2n) is 5.90. The summed E-state index contributed by atoms with van der Waals surface area (Å²) < 4.78 is 56.4. The maximum Gasteiger partial charge on any atom is 0.314 e. The Balaban J connectivity index is 1.87. The number of allylic oxidation sites excluding steroid dienone is 5. The highest BCUT2D eigenvalue weighted by atomic mass is 19.3. The van der Waals surface area contributed by atoms with Gasteiger partial charge in [-0.3, -0.25) is 0 Å². The Morgan fingerprint density at radius 2 is 2.00 bits per heavy atom. The molecule has 0 N–H and O–H groups in total. The largest absolute Gasteiger partial charge is 0.314 e. The summed E-state index contributed by atoms with van der Waals surface area (Å²) in [6, 6.07) is -0.557. The minimum Gasteiger partial charge on any atom is -0.247 e. The van der Waals surface area contributed by atoms with Crippen LogP contribution in [0.25, 0.3) is 0 Å². The third-order valence-electron chi connectivity index (χ3n) is 4.18. The number of alkyl halides is 4. The second-order valence-corrected chi connectivity index (χ2v) is 5.90. The van der Waals surface area contributed by atoms with Gasteiger partial charge in [0, 0.05) is 6.42 Å². The van der Waals surface area contributed by atoms with E-state index in [1.807, 2.05) is 13.0 Å². The Hall–Kier alpha value is -1.92. The van der Waals surface area contributed by atoms with Crippen LogP contribution in [-0.2, 0) is 5.92 Å². The molecular formula is C16H17F4N3. The van der Waals surface area contributed by atoms with Crippen molar-refractivity contribution < 1.29 is 17.6 Å². The molecular weight excluding hydrogens is 310 g/mol. The van der Waals surface area contributed by atoms with Gasteiger partial charge in [0.25, 0.3) is 0 Å². The van der Waals surface area contributed by atoms with Crippen molar-refractivity contribution in [2.45, 2.75) is 44.1 Å². The highest BCUT2D eigenvalue weighted by Gasteiger charge is 2.59. The zero-order chi connectivity index (χ0) is 16.8. The molecule has 0 amide bonds. The predicted octanol–water partition coefficient (Wildman–Crippen LogP) is 4.37. The minimum atomic E-state index is -3.47. The van der Waals surface area contributed by atoms with Gasteiger partial charge in [-0.1, -0.05) is 30.9 Å². The molecule has 0 radical (unpaired) electrons. The van der Waals surface area contributed by atoms with Gasteiger partial charge in [-0.15, -0.1) is 5.10 Å². The van der Waals surface area contributed by atoms with E-state index in [2.05, 4.69) is 16.7 Å².